The van der Waals surface area contributed by atoms with Crippen LogP contribution in [-0.2, 0) is 13.0 Å². The molecule has 20 heavy (non-hydrogen) atoms. The van der Waals surface area contributed by atoms with Crippen molar-refractivity contribution in [2.75, 3.05) is 24.2 Å². The fraction of sp³-hybridized carbons (Fsp3) is 0.333. The van der Waals surface area contributed by atoms with Gasteiger partial charge < -0.3 is 16.0 Å². The summed E-state index contributed by atoms with van der Waals surface area (Å²) in [6, 6.07) is 8.32. The minimum absolute atomic E-state index is 0.667. The van der Waals surface area contributed by atoms with Crippen molar-refractivity contribution >= 4 is 17.5 Å². The average molecular weight is 269 g/mol. The van der Waals surface area contributed by atoms with Gasteiger partial charge in [0.05, 0.1) is 5.69 Å². The Morgan fingerprint density at radius 2 is 1.95 bits per heavy atom. The summed E-state index contributed by atoms with van der Waals surface area (Å²) in [6.07, 6.45) is 0.940. The lowest BCUT2D eigenvalue weighted by Crippen LogP contribution is -2.26. The van der Waals surface area contributed by atoms with Gasteiger partial charge in [-0.25, -0.2) is 4.98 Å². The van der Waals surface area contributed by atoms with E-state index in [1.807, 2.05) is 7.05 Å². The standard InChI is InChI=1S/C15H19N5/c1-10-3-5-11(6-4-10)18-14-12-9-17-8-7-13(12)19-15(16-2)20-14/h3-6,17H,7-9H2,1-2H3,(H2,16,18,19,20). The van der Waals surface area contributed by atoms with Crippen molar-refractivity contribution in [3.63, 3.8) is 0 Å². The van der Waals surface area contributed by atoms with E-state index >= 15 is 0 Å². The number of aromatic nitrogens is 2. The molecule has 5 nitrogen and oxygen atoms in total. The first-order chi connectivity index (χ1) is 9.76. The molecule has 0 amide bonds. The Bertz CT molecular complexity index is 606. The smallest absolute Gasteiger partial charge is 0.224 e. The van der Waals surface area contributed by atoms with Gasteiger partial charge in [-0.3, -0.25) is 0 Å². The number of benzene rings is 1. The summed E-state index contributed by atoms with van der Waals surface area (Å²) in [5.41, 5.74) is 4.58. The summed E-state index contributed by atoms with van der Waals surface area (Å²) < 4.78 is 0. The van der Waals surface area contributed by atoms with E-state index in [-0.39, 0.29) is 0 Å². The summed E-state index contributed by atoms with van der Waals surface area (Å²) in [6.45, 7) is 3.87. The Morgan fingerprint density at radius 3 is 2.70 bits per heavy atom. The molecule has 0 fully saturated rings. The third kappa shape index (κ3) is 2.58. The van der Waals surface area contributed by atoms with Crippen molar-refractivity contribution in [1.82, 2.24) is 15.3 Å². The van der Waals surface area contributed by atoms with E-state index in [1.54, 1.807) is 0 Å². The number of fused-ring (bicyclic) bond motifs is 1. The lowest BCUT2D eigenvalue weighted by Gasteiger charge is -2.20. The van der Waals surface area contributed by atoms with Crippen LogP contribution in [0.2, 0.25) is 0 Å². The van der Waals surface area contributed by atoms with Crippen LogP contribution >= 0.6 is 0 Å². The van der Waals surface area contributed by atoms with Gasteiger partial charge in [0.15, 0.2) is 0 Å². The Labute approximate surface area is 118 Å². The lowest BCUT2D eigenvalue weighted by atomic mass is 10.1. The van der Waals surface area contributed by atoms with Crippen LogP contribution < -0.4 is 16.0 Å². The molecule has 1 aliphatic rings. The average Bonchev–Trinajstić information content (AvgIpc) is 2.49. The summed E-state index contributed by atoms with van der Waals surface area (Å²) in [4.78, 5) is 9.09. The summed E-state index contributed by atoms with van der Waals surface area (Å²) in [7, 11) is 1.85. The molecule has 5 heteroatoms. The zero-order valence-electron chi connectivity index (χ0n) is 11.8. The molecule has 3 rings (SSSR count). The molecule has 0 spiro atoms. The first kappa shape index (κ1) is 12.9. The van der Waals surface area contributed by atoms with Gasteiger partial charge in [-0.05, 0) is 19.1 Å². The van der Waals surface area contributed by atoms with Crippen molar-refractivity contribution in [3.05, 3.63) is 41.1 Å². The number of aryl methyl sites for hydroxylation is 1. The van der Waals surface area contributed by atoms with Gasteiger partial charge in [0.1, 0.15) is 5.82 Å². The van der Waals surface area contributed by atoms with E-state index < -0.39 is 0 Å². The largest absolute Gasteiger partial charge is 0.357 e. The Kier molecular flexibility index (Phi) is 3.52. The topological polar surface area (TPSA) is 61.9 Å². The van der Waals surface area contributed by atoms with Crippen LogP contribution in [0, 0.1) is 6.92 Å². The van der Waals surface area contributed by atoms with Crippen LogP contribution in [0.4, 0.5) is 17.5 Å². The molecule has 1 aliphatic heterocycles. The minimum Gasteiger partial charge on any atom is -0.357 e. The van der Waals surface area contributed by atoms with Gasteiger partial charge in [0, 0.05) is 37.8 Å². The second-order valence-electron chi connectivity index (χ2n) is 4.99. The van der Waals surface area contributed by atoms with Gasteiger partial charge >= 0.3 is 0 Å². The number of nitrogens with zero attached hydrogens (tertiary/aromatic N) is 2. The molecule has 0 saturated carbocycles. The van der Waals surface area contributed by atoms with E-state index in [1.165, 1.54) is 5.56 Å². The molecule has 0 radical (unpaired) electrons. The summed E-state index contributed by atoms with van der Waals surface area (Å²) >= 11 is 0. The predicted molar refractivity (Wildman–Crippen MR) is 81.5 cm³/mol. The molecule has 0 atom stereocenters. The number of hydrogen-bond donors (Lipinski definition) is 3. The van der Waals surface area contributed by atoms with E-state index in [0.29, 0.717) is 5.95 Å². The van der Waals surface area contributed by atoms with Crippen LogP contribution in [0.5, 0.6) is 0 Å². The zero-order chi connectivity index (χ0) is 13.9. The van der Waals surface area contributed by atoms with Crippen LogP contribution in [0.1, 0.15) is 16.8 Å². The molecule has 104 valence electrons. The number of hydrogen-bond acceptors (Lipinski definition) is 5. The molecule has 1 aromatic carbocycles. The number of nitrogens with one attached hydrogen (secondary N) is 3. The first-order valence-electron chi connectivity index (χ1n) is 6.88. The first-order valence-corrected chi connectivity index (χ1v) is 6.88. The highest BCUT2D eigenvalue weighted by atomic mass is 15.1. The number of anilines is 3. The molecule has 2 aromatic rings. The third-order valence-corrected chi connectivity index (χ3v) is 3.47. The molecule has 2 heterocycles. The quantitative estimate of drug-likeness (QED) is 0.797. The van der Waals surface area contributed by atoms with Gasteiger partial charge in [0.25, 0.3) is 0 Å². The predicted octanol–water partition coefficient (Wildman–Crippen LogP) is 2.22. The fourth-order valence-electron chi connectivity index (χ4n) is 2.33. The molecular weight excluding hydrogens is 250 g/mol. The highest BCUT2D eigenvalue weighted by molar-refractivity contribution is 5.62. The third-order valence-electron chi connectivity index (χ3n) is 3.47. The highest BCUT2D eigenvalue weighted by Gasteiger charge is 2.17. The summed E-state index contributed by atoms with van der Waals surface area (Å²) in [5.74, 6) is 1.55. The Morgan fingerprint density at radius 1 is 1.15 bits per heavy atom. The summed E-state index contributed by atoms with van der Waals surface area (Å²) in [5, 5.41) is 9.81. The van der Waals surface area contributed by atoms with E-state index in [4.69, 9.17) is 0 Å². The van der Waals surface area contributed by atoms with Crippen LogP contribution in [0.25, 0.3) is 0 Å². The van der Waals surface area contributed by atoms with Crippen LogP contribution in [0.3, 0.4) is 0 Å². The highest BCUT2D eigenvalue weighted by Crippen LogP contribution is 2.25. The zero-order valence-corrected chi connectivity index (χ0v) is 11.8. The van der Waals surface area contributed by atoms with E-state index in [9.17, 15) is 0 Å². The maximum absolute atomic E-state index is 4.55. The molecular formula is C15H19N5. The lowest BCUT2D eigenvalue weighted by molar-refractivity contribution is 0.629. The van der Waals surface area contributed by atoms with Crippen molar-refractivity contribution in [3.8, 4) is 0 Å². The Balaban J connectivity index is 1.96. The van der Waals surface area contributed by atoms with Crippen molar-refractivity contribution in [1.29, 1.82) is 0 Å². The second-order valence-corrected chi connectivity index (χ2v) is 4.99. The Hall–Kier alpha value is -2.14. The molecule has 3 N–H and O–H groups in total. The van der Waals surface area contributed by atoms with Gasteiger partial charge in [-0.2, -0.15) is 4.98 Å². The minimum atomic E-state index is 0.667. The molecule has 0 unspecified atom stereocenters. The van der Waals surface area contributed by atoms with Crippen LogP contribution in [-0.4, -0.2) is 23.6 Å². The van der Waals surface area contributed by atoms with Gasteiger partial charge in [-0.1, -0.05) is 17.7 Å². The number of rotatable bonds is 3. The SMILES string of the molecule is CNc1nc2c(c(Nc3ccc(C)cc3)n1)CNCC2. The maximum atomic E-state index is 4.55. The second kappa shape index (κ2) is 5.46. The molecule has 0 bridgehead atoms. The maximum Gasteiger partial charge on any atom is 0.224 e. The van der Waals surface area contributed by atoms with Crippen molar-refractivity contribution in [2.45, 2.75) is 19.9 Å². The van der Waals surface area contributed by atoms with Gasteiger partial charge in [0.2, 0.25) is 5.95 Å². The molecule has 1 aromatic heterocycles. The van der Waals surface area contributed by atoms with E-state index in [2.05, 4.69) is 57.1 Å². The molecule has 0 aliphatic carbocycles. The van der Waals surface area contributed by atoms with Crippen LogP contribution in [0.15, 0.2) is 24.3 Å². The van der Waals surface area contributed by atoms with E-state index in [0.717, 1.165) is 42.3 Å². The monoisotopic (exact) mass is 269 g/mol. The van der Waals surface area contributed by atoms with Gasteiger partial charge in [-0.15, -0.1) is 0 Å². The molecule has 0 saturated heterocycles. The fourth-order valence-corrected chi connectivity index (χ4v) is 2.33. The normalized spacial score (nSPS) is 13.7. The van der Waals surface area contributed by atoms with Crippen molar-refractivity contribution < 1.29 is 0 Å². The van der Waals surface area contributed by atoms with Crippen molar-refractivity contribution in [2.24, 2.45) is 0 Å².